The number of rotatable bonds is 6. The predicted molar refractivity (Wildman–Crippen MR) is 106 cm³/mol. The number of nitrogens with zero attached hydrogens (tertiary/aromatic N) is 3. The molecule has 1 heterocycles. The van der Waals surface area contributed by atoms with Crippen LogP contribution in [0.1, 0.15) is 5.56 Å². The SMILES string of the molecule is CN(Cc1ccccc1N1CCOCC1)S(=O)(=O)c1ccc(Cl)c([N+](=O)[O-])c1. The first-order chi connectivity index (χ1) is 13.3. The van der Waals surface area contributed by atoms with Gasteiger partial charge in [-0.3, -0.25) is 10.1 Å². The Balaban J connectivity index is 1.88. The van der Waals surface area contributed by atoms with Crippen molar-refractivity contribution in [3.8, 4) is 0 Å². The molecular formula is C18H20ClN3O5S. The summed E-state index contributed by atoms with van der Waals surface area (Å²) in [6.07, 6.45) is 0. The molecule has 0 N–H and O–H groups in total. The Labute approximate surface area is 168 Å². The van der Waals surface area contributed by atoms with E-state index in [9.17, 15) is 18.5 Å². The van der Waals surface area contributed by atoms with E-state index >= 15 is 0 Å². The van der Waals surface area contributed by atoms with Gasteiger partial charge in [-0.25, -0.2) is 8.42 Å². The second-order valence-corrected chi connectivity index (χ2v) is 8.81. The summed E-state index contributed by atoms with van der Waals surface area (Å²) in [6, 6.07) is 11.1. The molecule has 1 aliphatic heterocycles. The second-order valence-electron chi connectivity index (χ2n) is 6.36. The molecule has 0 atom stereocenters. The number of sulfonamides is 1. The van der Waals surface area contributed by atoms with Crippen LogP contribution >= 0.6 is 11.6 Å². The van der Waals surface area contributed by atoms with E-state index in [1.54, 1.807) is 0 Å². The van der Waals surface area contributed by atoms with Crippen LogP contribution in [-0.4, -0.2) is 51.0 Å². The minimum Gasteiger partial charge on any atom is -0.378 e. The largest absolute Gasteiger partial charge is 0.378 e. The minimum atomic E-state index is -3.93. The Kier molecular flexibility index (Phi) is 6.19. The molecule has 0 saturated carbocycles. The van der Waals surface area contributed by atoms with Gasteiger partial charge in [-0.05, 0) is 23.8 Å². The third kappa shape index (κ3) is 4.27. The molecular weight excluding hydrogens is 406 g/mol. The van der Waals surface area contributed by atoms with Gasteiger partial charge in [0.25, 0.3) is 5.69 Å². The molecule has 0 spiro atoms. The molecule has 8 nitrogen and oxygen atoms in total. The van der Waals surface area contributed by atoms with E-state index in [1.165, 1.54) is 23.5 Å². The van der Waals surface area contributed by atoms with E-state index < -0.39 is 20.6 Å². The van der Waals surface area contributed by atoms with Crippen molar-refractivity contribution < 1.29 is 18.1 Å². The highest BCUT2D eigenvalue weighted by Crippen LogP contribution is 2.29. The Hall–Kier alpha value is -2.20. The number of ether oxygens (including phenoxy) is 1. The van der Waals surface area contributed by atoms with Crippen LogP contribution in [-0.2, 0) is 21.3 Å². The number of halogens is 1. The third-order valence-electron chi connectivity index (χ3n) is 4.56. The van der Waals surface area contributed by atoms with Crippen LogP contribution in [0.5, 0.6) is 0 Å². The highest BCUT2D eigenvalue weighted by molar-refractivity contribution is 7.89. The average molecular weight is 426 g/mol. The van der Waals surface area contributed by atoms with E-state index in [2.05, 4.69) is 4.90 Å². The smallest absolute Gasteiger partial charge is 0.289 e. The van der Waals surface area contributed by atoms with Gasteiger partial charge in [0.15, 0.2) is 0 Å². The van der Waals surface area contributed by atoms with Gasteiger partial charge in [0.1, 0.15) is 5.02 Å². The van der Waals surface area contributed by atoms with Crippen molar-refractivity contribution in [2.24, 2.45) is 0 Å². The number of hydrogen-bond acceptors (Lipinski definition) is 6. The normalized spacial score (nSPS) is 15.0. The fraction of sp³-hybridized carbons (Fsp3) is 0.333. The van der Waals surface area contributed by atoms with Crippen LogP contribution in [0.2, 0.25) is 5.02 Å². The maximum absolute atomic E-state index is 12.9. The molecule has 0 amide bonds. The minimum absolute atomic E-state index is 0.107. The van der Waals surface area contributed by atoms with Crippen molar-refractivity contribution in [2.45, 2.75) is 11.4 Å². The number of para-hydroxylation sites is 1. The lowest BCUT2D eigenvalue weighted by Gasteiger charge is -2.31. The number of benzene rings is 2. The number of anilines is 1. The lowest BCUT2D eigenvalue weighted by Crippen LogP contribution is -2.37. The van der Waals surface area contributed by atoms with Crippen molar-refractivity contribution in [3.63, 3.8) is 0 Å². The van der Waals surface area contributed by atoms with E-state index in [4.69, 9.17) is 16.3 Å². The number of morpholine rings is 1. The van der Waals surface area contributed by atoms with Gasteiger partial charge in [-0.1, -0.05) is 29.8 Å². The summed E-state index contributed by atoms with van der Waals surface area (Å²) in [4.78, 5) is 12.4. The van der Waals surface area contributed by atoms with Crippen LogP contribution in [0.4, 0.5) is 11.4 Å². The summed E-state index contributed by atoms with van der Waals surface area (Å²) >= 11 is 5.79. The molecule has 2 aromatic carbocycles. The second kappa shape index (κ2) is 8.44. The zero-order chi connectivity index (χ0) is 20.3. The van der Waals surface area contributed by atoms with Gasteiger partial charge in [-0.2, -0.15) is 4.31 Å². The zero-order valence-electron chi connectivity index (χ0n) is 15.2. The maximum Gasteiger partial charge on any atom is 0.289 e. The van der Waals surface area contributed by atoms with E-state index in [0.717, 1.165) is 30.4 Å². The molecule has 10 heteroatoms. The first kappa shape index (κ1) is 20.5. The van der Waals surface area contributed by atoms with Gasteiger partial charge in [0, 0.05) is 38.4 Å². The Morgan fingerprint density at radius 3 is 2.57 bits per heavy atom. The van der Waals surface area contributed by atoms with Gasteiger partial charge in [-0.15, -0.1) is 0 Å². The molecule has 0 unspecified atom stereocenters. The molecule has 0 radical (unpaired) electrons. The molecule has 0 aromatic heterocycles. The fourth-order valence-corrected chi connectivity index (χ4v) is 4.41. The van der Waals surface area contributed by atoms with Gasteiger partial charge >= 0.3 is 0 Å². The van der Waals surface area contributed by atoms with Crippen LogP contribution in [0.25, 0.3) is 0 Å². The van der Waals surface area contributed by atoms with Gasteiger partial charge in [0.2, 0.25) is 10.0 Å². The monoisotopic (exact) mass is 425 g/mol. The van der Waals surface area contributed by atoms with Crippen molar-refractivity contribution in [1.29, 1.82) is 0 Å². The Bertz CT molecular complexity index is 977. The average Bonchev–Trinajstić information content (AvgIpc) is 2.69. The summed E-state index contributed by atoms with van der Waals surface area (Å²) in [7, 11) is -2.48. The molecule has 0 aliphatic carbocycles. The first-order valence-electron chi connectivity index (χ1n) is 8.61. The molecule has 28 heavy (non-hydrogen) atoms. The highest BCUT2D eigenvalue weighted by Gasteiger charge is 2.26. The van der Waals surface area contributed by atoms with Crippen LogP contribution in [0.15, 0.2) is 47.4 Å². The number of hydrogen-bond donors (Lipinski definition) is 0. The fourth-order valence-electron chi connectivity index (χ4n) is 3.05. The lowest BCUT2D eigenvalue weighted by molar-refractivity contribution is -0.384. The Morgan fingerprint density at radius 1 is 1.21 bits per heavy atom. The summed E-state index contributed by atoms with van der Waals surface area (Å²) in [5.41, 5.74) is 1.36. The zero-order valence-corrected chi connectivity index (χ0v) is 16.8. The first-order valence-corrected chi connectivity index (χ1v) is 10.4. The van der Waals surface area contributed by atoms with E-state index in [-0.39, 0.29) is 16.5 Å². The molecule has 1 saturated heterocycles. The third-order valence-corrected chi connectivity index (χ3v) is 6.68. The highest BCUT2D eigenvalue weighted by atomic mass is 35.5. The molecule has 150 valence electrons. The summed E-state index contributed by atoms with van der Waals surface area (Å²) in [5.74, 6) is 0. The maximum atomic E-state index is 12.9. The lowest BCUT2D eigenvalue weighted by atomic mass is 10.1. The summed E-state index contributed by atoms with van der Waals surface area (Å²) in [6.45, 7) is 2.84. The van der Waals surface area contributed by atoms with Crippen molar-refractivity contribution in [1.82, 2.24) is 4.31 Å². The van der Waals surface area contributed by atoms with Crippen molar-refractivity contribution in [2.75, 3.05) is 38.3 Å². The quantitative estimate of drug-likeness (QED) is 0.521. The molecule has 2 aromatic rings. The molecule has 1 aliphatic rings. The number of nitro groups is 1. The van der Waals surface area contributed by atoms with Gasteiger partial charge in [0.05, 0.1) is 23.0 Å². The van der Waals surface area contributed by atoms with E-state index in [0.29, 0.717) is 13.2 Å². The molecule has 0 bridgehead atoms. The predicted octanol–water partition coefficient (Wildman–Crippen LogP) is 2.91. The summed E-state index contributed by atoms with van der Waals surface area (Å²) in [5, 5.41) is 11.0. The van der Waals surface area contributed by atoms with Crippen LogP contribution in [0, 0.1) is 10.1 Å². The molecule has 1 fully saturated rings. The van der Waals surface area contributed by atoms with Crippen molar-refractivity contribution >= 4 is 33.0 Å². The van der Waals surface area contributed by atoms with Crippen molar-refractivity contribution in [3.05, 3.63) is 63.2 Å². The molecule has 3 rings (SSSR count). The number of nitro benzene ring substituents is 1. The van der Waals surface area contributed by atoms with Crippen LogP contribution in [0.3, 0.4) is 0 Å². The Morgan fingerprint density at radius 2 is 1.89 bits per heavy atom. The topological polar surface area (TPSA) is 93.0 Å². The standard InChI is InChI=1S/C18H20ClN3O5S/c1-20(28(25,26)15-6-7-16(19)18(12-15)22(23)24)13-14-4-2-3-5-17(14)21-8-10-27-11-9-21/h2-7,12H,8-11,13H2,1H3. The van der Waals surface area contributed by atoms with Crippen LogP contribution < -0.4 is 4.90 Å². The van der Waals surface area contributed by atoms with E-state index in [1.807, 2.05) is 24.3 Å². The summed E-state index contributed by atoms with van der Waals surface area (Å²) < 4.78 is 32.4. The van der Waals surface area contributed by atoms with Gasteiger partial charge < -0.3 is 9.64 Å².